The van der Waals surface area contributed by atoms with Gasteiger partial charge in [-0.25, -0.2) is 13.2 Å². The molecule has 0 aliphatic carbocycles. The zero-order valence-electron chi connectivity index (χ0n) is 12.8. The molecule has 0 bridgehead atoms. The van der Waals surface area contributed by atoms with Crippen LogP contribution in [0.15, 0.2) is 24.3 Å². The van der Waals surface area contributed by atoms with Crippen LogP contribution in [0.5, 0.6) is 0 Å². The van der Waals surface area contributed by atoms with Crippen molar-refractivity contribution in [3.05, 3.63) is 39.9 Å². The van der Waals surface area contributed by atoms with E-state index in [0.29, 0.717) is 15.6 Å². The Bertz CT molecular complexity index is 746. The largest absolute Gasteiger partial charge is 0.480 e. The minimum absolute atomic E-state index is 0.0811. The smallest absolute Gasteiger partial charge is 0.326 e. The van der Waals surface area contributed by atoms with Gasteiger partial charge in [-0.1, -0.05) is 36.2 Å². The first-order chi connectivity index (χ1) is 11.1. The van der Waals surface area contributed by atoms with Gasteiger partial charge in [-0.3, -0.25) is 4.79 Å². The number of carbonyl (C=O) groups is 2. The Balaban J connectivity index is 2.71. The molecule has 132 valence electrons. The van der Waals surface area contributed by atoms with E-state index in [2.05, 4.69) is 5.32 Å². The molecule has 9 heteroatoms. The number of halogens is 2. The molecule has 0 saturated heterocycles. The third kappa shape index (κ3) is 6.90. The van der Waals surface area contributed by atoms with Crippen LogP contribution in [0.4, 0.5) is 0 Å². The van der Waals surface area contributed by atoms with E-state index in [1.807, 2.05) is 0 Å². The fourth-order valence-corrected chi connectivity index (χ4v) is 3.08. The molecular formula is C15H17Cl2NO5S. The number of amides is 1. The van der Waals surface area contributed by atoms with Crippen LogP contribution < -0.4 is 5.32 Å². The maximum atomic E-state index is 11.8. The zero-order valence-corrected chi connectivity index (χ0v) is 15.2. The van der Waals surface area contributed by atoms with Gasteiger partial charge >= 0.3 is 5.97 Å². The summed E-state index contributed by atoms with van der Waals surface area (Å²) in [6.45, 7) is 1.47. The predicted octanol–water partition coefficient (Wildman–Crippen LogP) is 2.40. The molecule has 1 aromatic carbocycles. The number of sulfone groups is 1. The Morgan fingerprint density at radius 1 is 1.33 bits per heavy atom. The molecule has 1 rings (SSSR count). The summed E-state index contributed by atoms with van der Waals surface area (Å²) in [5.41, 5.74) is 0.539. The van der Waals surface area contributed by atoms with Gasteiger partial charge in [0.25, 0.3) is 0 Å². The van der Waals surface area contributed by atoms with E-state index in [0.717, 1.165) is 6.08 Å². The lowest BCUT2D eigenvalue weighted by molar-refractivity contribution is -0.141. The summed E-state index contributed by atoms with van der Waals surface area (Å²) < 4.78 is 22.9. The molecule has 0 heterocycles. The number of carboxylic acid groups (broad SMARTS) is 1. The van der Waals surface area contributed by atoms with Crippen LogP contribution >= 0.6 is 23.2 Å². The van der Waals surface area contributed by atoms with Gasteiger partial charge in [0.1, 0.15) is 15.9 Å². The summed E-state index contributed by atoms with van der Waals surface area (Å²) in [5, 5.41) is 12.1. The van der Waals surface area contributed by atoms with Crippen molar-refractivity contribution in [2.75, 3.05) is 11.5 Å². The van der Waals surface area contributed by atoms with E-state index in [9.17, 15) is 18.0 Å². The Labute approximate surface area is 150 Å². The first-order valence-corrected chi connectivity index (χ1v) is 9.59. The second-order valence-corrected chi connectivity index (χ2v) is 8.24. The highest BCUT2D eigenvalue weighted by molar-refractivity contribution is 7.91. The Hall–Kier alpha value is -1.57. The highest BCUT2D eigenvalue weighted by atomic mass is 35.5. The number of benzene rings is 1. The number of nitrogens with one attached hydrogen (secondary N) is 1. The third-order valence-corrected chi connectivity index (χ3v) is 5.45. The lowest BCUT2D eigenvalue weighted by atomic mass is 10.2. The van der Waals surface area contributed by atoms with Crippen LogP contribution in [-0.2, 0) is 19.4 Å². The molecule has 1 aromatic rings. The Morgan fingerprint density at radius 2 is 2.00 bits per heavy atom. The predicted molar refractivity (Wildman–Crippen MR) is 94.0 cm³/mol. The minimum atomic E-state index is -3.31. The molecule has 24 heavy (non-hydrogen) atoms. The fourth-order valence-electron chi connectivity index (χ4n) is 1.72. The molecule has 0 radical (unpaired) electrons. The first-order valence-electron chi connectivity index (χ1n) is 7.01. The molecule has 0 spiro atoms. The molecule has 0 aliphatic rings. The van der Waals surface area contributed by atoms with Crippen LogP contribution in [0, 0.1) is 0 Å². The SMILES string of the molecule is CCS(=O)(=O)CCC(NC(=O)/C=C/c1ccc(Cl)cc1Cl)C(=O)O. The molecule has 1 atom stereocenters. The van der Waals surface area contributed by atoms with Crippen molar-refractivity contribution in [1.29, 1.82) is 0 Å². The number of rotatable bonds is 8. The molecule has 1 amide bonds. The van der Waals surface area contributed by atoms with Crippen LogP contribution in [-0.4, -0.2) is 42.9 Å². The molecule has 6 nitrogen and oxygen atoms in total. The number of carbonyl (C=O) groups excluding carboxylic acids is 1. The summed E-state index contributed by atoms with van der Waals surface area (Å²) in [6, 6.07) is 3.43. The lowest BCUT2D eigenvalue weighted by Gasteiger charge is -2.13. The van der Waals surface area contributed by atoms with E-state index >= 15 is 0 Å². The second-order valence-electron chi connectivity index (χ2n) is 4.92. The quantitative estimate of drug-likeness (QED) is 0.660. The maximum Gasteiger partial charge on any atom is 0.326 e. The van der Waals surface area contributed by atoms with Gasteiger partial charge in [0, 0.05) is 21.9 Å². The fraction of sp³-hybridized carbons (Fsp3) is 0.333. The minimum Gasteiger partial charge on any atom is -0.480 e. The summed E-state index contributed by atoms with van der Waals surface area (Å²) in [5.74, 6) is -2.36. The molecule has 0 fully saturated rings. The van der Waals surface area contributed by atoms with Gasteiger partial charge in [-0.15, -0.1) is 0 Å². The summed E-state index contributed by atoms with van der Waals surface area (Å²) in [4.78, 5) is 23.0. The van der Waals surface area contributed by atoms with E-state index in [1.165, 1.54) is 19.1 Å². The highest BCUT2D eigenvalue weighted by Crippen LogP contribution is 2.21. The monoisotopic (exact) mass is 393 g/mol. The average Bonchev–Trinajstić information content (AvgIpc) is 2.50. The highest BCUT2D eigenvalue weighted by Gasteiger charge is 2.21. The molecule has 1 unspecified atom stereocenters. The Kier molecular flexibility index (Phi) is 7.72. The van der Waals surface area contributed by atoms with Gasteiger partial charge < -0.3 is 10.4 Å². The van der Waals surface area contributed by atoms with Crippen molar-refractivity contribution >= 4 is 51.0 Å². The van der Waals surface area contributed by atoms with Gasteiger partial charge in [-0.2, -0.15) is 0 Å². The van der Waals surface area contributed by atoms with Crippen LogP contribution in [0.25, 0.3) is 6.08 Å². The van der Waals surface area contributed by atoms with Gasteiger partial charge in [0.05, 0.1) is 5.75 Å². The van der Waals surface area contributed by atoms with Crippen molar-refractivity contribution in [3.63, 3.8) is 0 Å². The van der Waals surface area contributed by atoms with Crippen molar-refractivity contribution in [3.8, 4) is 0 Å². The summed E-state index contributed by atoms with van der Waals surface area (Å²) in [7, 11) is -3.31. The standard InChI is InChI=1S/C15H17Cl2NO5S/c1-2-24(22,23)8-7-13(15(20)21)18-14(19)6-4-10-3-5-11(16)9-12(10)17/h3-6,9,13H,2,7-8H2,1H3,(H,18,19)(H,20,21)/b6-4+. The molecule has 0 aliphatic heterocycles. The van der Waals surface area contributed by atoms with E-state index in [4.69, 9.17) is 28.3 Å². The molecule has 0 aromatic heterocycles. The summed E-state index contributed by atoms with van der Waals surface area (Å²) in [6.07, 6.45) is 2.34. The molecule has 0 saturated carbocycles. The normalized spacial score (nSPS) is 13.0. The van der Waals surface area contributed by atoms with Crippen LogP contribution in [0.3, 0.4) is 0 Å². The third-order valence-electron chi connectivity index (χ3n) is 3.15. The topological polar surface area (TPSA) is 101 Å². The molecular weight excluding hydrogens is 377 g/mol. The summed E-state index contributed by atoms with van der Waals surface area (Å²) >= 11 is 11.7. The average molecular weight is 394 g/mol. The number of carboxylic acids is 1. The Morgan fingerprint density at radius 3 is 2.54 bits per heavy atom. The number of hydrogen-bond acceptors (Lipinski definition) is 4. The van der Waals surface area contributed by atoms with Crippen molar-refractivity contribution in [1.82, 2.24) is 5.32 Å². The van der Waals surface area contributed by atoms with Gasteiger partial charge in [0.2, 0.25) is 5.91 Å². The maximum absolute atomic E-state index is 11.8. The van der Waals surface area contributed by atoms with Crippen LogP contribution in [0.1, 0.15) is 18.9 Å². The van der Waals surface area contributed by atoms with E-state index < -0.39 is 27.8 Å². The zero-order chi connectivity index (χ0) is 18.3. The number of hydrogen-bond donors (Lipinski definition) is 2. The lowest BCUT2D eigenvalue weighted by Crippen LogP contribution is -2.41. The van der Waals surface area contributed by atoms with Gasteiger partial charge in [-0.05, 0) is 30.2 Å². The van der Waals surface area contributed by atoms with E-state index in [1.54, 1.807) is 12.1 Å². The second kappa shape index (κ2) is 9.05. The first kappa shape index (κ1) is 20.5. The van der Waals surface area contributed by atoms with Crippen LogP contribution in [0.2, 0.25) is 10.0 Å². The van der Waals surface area contributed by atoms with Gasteiger partial charge in [0.15, 0.2) is 0 Å². The van der Waals surface area contributed by atoms with Crippen molar-refractivity contribution in [2.24, 2.45) is 0 Å². The number of aliphatic carboxylic acids is 1. The van der Waals surface area contributed by atoms with E-state index in [-0.39, 0.29) is 17.9 Å². The van der Waals surface area contributed by atoms with Crippen molar-refractivity contribution in [2.45, 2.75) is 19.4 Å². The van der Waals surface area contributed by atoms with Crippen molar-refractivity contribution < 1.29 is 23.1 Å². The molecule has 2 N–H and O–H groups in total.